The molecule has 2 rings (SSSR count). The van der Waals surface area contributed by atoms with Crippen molar-refractivity contribution >= 4 is 11.3 Å². The molecule has 0 saturated heterocycles. The van der Waals surface area contributed by atoms with E-state index in [4.69, 9.17) is 5.73 Å². The topological polar surface area (TPSA) is 64.1 Å². The number of aromatic nitrogens is 2. The Labute approximate surface area is 98.4 Å². The van der Waals surface area contributed by atoms with Gasteiger partial charge in [0.05, 0.1) is 12.0 Å². The lowest BCUT2D eigenvalue weighted by Crippen LogP contribution is -2.30. The van der Waals surface area contributed by atoms with Gasteiger partial charge in [-0.3, -0.25) is 0 Å². The fourth-order valence-electron chi connectivity index (χ4n) is 1.47. The average molecular weight is 237 g/mol. The van der Waals surface area contributed by atoms with Gasteiger partial charge in [-0.2, -0.15) is 11.3 Å². The van der Waals surface area contributed by atoms with E-state index in [2.05, 4.69) is 4.98 Å². The molecule has 0 aromatic carbocycles. The van der Waals surface area contributed by atoms with Crippen LogP contribution in [0, 0.1) is 0 Å². The van der Waals surface area contributed by atoms with Gasteiger partial charge >= 0.3 is 0 Å². The van der Waals surface area contributed by atoms with E-state index < -0.39 is 6.23 Å². The summed E-state index contributed by atoms with van der Waals surface area (Å²) in [4.78, 5) is 4.25. The molecule has 86 valence electrons. The smallest absolute Gasteiger partial charge is 0.146 e. The molecular formula is C11H15N3OS. The van der Waals surface area contributed by atoms with Gasteiger partial charge in [-0.1, -0.05) is 6.92 Å². The molecule has 0 aliphatic rings. The Kier molecular flexibility index (Phi) is 3.38. The minimum absolute atomic E-state index is 0.260. The lowest BCUT2D eigenvalue weighted by atomic mass is 10.2. The van der Waals surface area contributed by atoms with Crippen molar-refractivity contribution in [2.24, 2.45) is 5.73 Å². The Morgan fingerprint density at radius 3 is 3.06 bits per heavy atom. The second-order valence-corrected chi connectivity index (χ2v) is 4.48. The van der Waals surface area contributed by atoms with Crippen molar-refractivity contribution in [2.75, 3.05) is 0 Å². The Hall–Kier alpha value is -1.17. The first-order valence-electron chi connectivity index (χ1n) is 5.22. The number of imidazole rings is 1. The molecule has 2 atom stereocenters. The van der Waals surface area contributed by atoms with E-state index in [1.165, 1.54) is 0 Å². The number of nitrogens with two attached hydrogens (primary N) is 1. The van der Waals surface area contributed by atoms with Gasteiger partial charge in [0.2, 0.25) is 0 Å². The van der Waals surface area contributed by atoms with Crippen LogP contribution in [-0.4, -0.2) is 20.7 Å². The summed E-state index contributed by atoms with van der Waals surface area (Å²) in [6.45, 7) is 1.95. The number of rotatable bonds is 4. The molecule has 16 heavy (non-hydrogen) atoms. The Morgan fingerprint density at radius 1 is 1.62 bits per heavy atom. The Morgan fingerprint density at radius 2 is 2.44 bits per heavy atom. The number of thiophene rings is 1. The molecule has 3 N–H and O–H groups in total. The molecule has 5 heteroatoms. The molecule has 0 saturated carbocycles. The van der Waals surface area contributed by atoms with Crippen molar-refractivity contribution in [3.05, 3.63) is 29.4 Å². The van der Waals surface area contributed by atoms with E-state index in [1.54, 1.807) is 22.2 Å². The van der Waals surface area contributed by atoms with Gasteiger partial charge < -0.3 is 15.4 Å². The molecule has 0 aliphatic heterocycles. The highest BCUT2D eigenvalue weighted by atomic mass is 32.1. The summed E-state index contributed by atoms with van der Waals surface area (Å²) in [5, 5.41) is 13.9. The lowest BCUT2D eigenvalue weighted by Gasteiger charge is -2.17. The lowest BCUT2D eigenvalue weighted by molar-refractivity contribution is 0.0742. The highest BCUT2D eigenvalue weighted by Crippen LogP contribution is 2.21. The molecule has 0 aliphatic carbocycles. The SMILES string of the molecule is CCC(N)C(O)n1cnc(-c2ccsc2)c1. The summed E-state index contributed by atoms with van der Waals surface area (Å²) in [7, 11) is 0. The van der Waals surface area contributed by atoms with Crippen LogP contribution in [0.1, 0.15) is 19.6 Å². The molecule has 2 unspecified atom stereocenters. The van der Waals surface area contributed by atoms with Crippen molar-refractivity contribution in [1.82, 2.24) is 9.55 Å². The first kappa shape index (κ1) is 11.3. The van der Waals surface area contributed by atoms with E-state index in [-0.39, 0.29) is 6.04 Å². The van der Waals surface area contributed by atoms with Crippen molar-refractivity contribution in [2.45, 2.75) is 25.6 Å². The molecule has 0 fully saturated rings. The van der Waals surface area contributed by atoms with Gasteiger partial charge in [0.1, 0.15) is 6.23 Å². The monoisotopic (exact) mass is 237 g/mol. The van der Waals surface area contributed by atoms with Crippen LogP contribution in [0.4, 0.5) is 0 Å². The predicted octanol–water partition coefficient (Wildman–Crippen LogP) is 1.84. The molecule has 4 nitrogen and oxygen atoms in total. The summed E-state index contributed by atoms with van der Waals surface area (Å²) < 4.78 is 1.65. The Balaban J connectivity index is 2.20. The van der Waals surface area contributed by atoms with Crippen LogP contribution < -0.4 is 5.73 Å². The standard InChI is InChI=1S/C11H15N3OS/c1-2-9(12)11(15)14-5-10(13-7-14)8-3-4-16-6-8/h3-7,9,11,15H,2,12H2,1H3. The molecule has 0 amide bonds. The van der Waals surface area contributed by atoms with E-state index in [0.717, 1.165) is 17.7 Å². The van der Waals surface area contributed by atoms with Crippen LogP contribution in [0.25, 0.3) is 11.3 Å². The zero-order chi connectivity index (χ0) is 11.5. The van der Waals surface area contributed by atoms with Gasteiger partial charge in [-0.05, 0) is 17.9 Å². The fraction of sp³-hybridized carbons (Fsp3) is 0.364. The summed E-state index contributed by atoms with van der Waals surface area (Å²) in [5.41, 5.74) is 7.71. The summed E-state index contributed by atoms with van der Waals surface area (Å²) in [6, 6.07) is 1.74. The first-order valence-corrected chi connectivity index (χ1v) is 6.16. The van der Waals surface area contributed by atoms with Crippen LogP contribution in [0.3, 0.4) is 0 Å². The zero-order valence-electron chi connectivity index (χ0n) is 9.08. The number of hydrogen-bond donors (Lipinski definition) is 2. The maximum Gasteiger partial charge on any atom is 0.146 e. The highest BCUT2D eigenvalue weighted by molar-refractivity contribution is 7.08. The summed E-state index contributed by atoms with van der Waals surface area (Å²) >= 11 is 1.63. The van der Waals surface area contributed by atoms with Gasteiger partial charge in [-0.15, -0.1) is 0 Å². The zero-order valence-corrected chi connectivity index (χ0v) is 9.89. The van der Waals surface area contributed by atoms with E-state index in [0.29, 0.717) is 0 Å². The summed E-state index contributed by atoms with van der Waals surface area (Å²) in [5.74, 6) is 0. The van der Waals surface area contributed by atoms with E-state index in [9.17, 15) is 5.11 Å². The van der Waals surface area contributed by atoms with Gasteiger partial charge in [0.25, 0.3) is 0 Å². The molecule has 0 bridgehead atoms. The van der Waals surface area contributed by atoms with Crippen LogP contribution >= 0.6 is 11.3 Å². The third-order valence-corrected chi connectivity index (χ3v) is 3.26. The summed E-state index contributed by atoms with van der Waals surface area (Å²) in [6.07, 6.45) is 3.47. The van der Waals surface area contributed by atoms with Crippen LogP contribution in [0.5, 0.6) is 0 Å². The largest absolute Gasteiger partial charge is 0.372 e. The number of hydrogen-bond acceptors (Lipinski definition) is 4. The predicted molar refractivity (Wildman–Crippen MR) is 65.1 cm³/mol. The van der Waals surface area contributed by atoms with Gasteiger partial charge in [-0.25, -0.2) is 4.98 Å². The van der Waals surface area contributed by atoms with Crippen LogP contribution in [0.15, 0.2) is 29.4 Å². The van der Waals surface area contributed by atoms with Crippen LogP contribution in [-0.2, 0) is 0 Å². The van der Waals surface area contributed by atoms with Crippen molar-refractivity contribution in [3.63, 3.8) is 0 Å². The molecular weight excluding hydrogens is 222 g/mol. The molecule has 0 spiro atoms. The third-order valence-electron chi connectivity index (χ3n) is 2.58. The van der Waals surface area contributed by atoms with Crippen molar-refractivity contribution in [1.29, 1.82) is 0 Å². The van der Waals surface area contributed by atoms with Crippen molar-refractivity contribution in [3.8, 4) is 11.3 Å². The second-order valence-electron chi connectivity index (χ2n) is 3.70. The van der Waals surface area contributed by atoms with E-state index >= 15 is 0 Å². The minimum atomic E-state index is -0.704. The van der Waals surface area contributed by atoms with Crippen molar-refractivity contribution < 1.29 is 5.11 Å². The molecule has 2 heterocycles. The molecule has 2 aromatic heterocycles. The number of aliphatic hydroxyl groups is 1. The number of nitrogens with zero attached hydrogens (tertiary/aromatic N) is 2. The molecule has 2 aromatic rings. The normalized spacial score (nSPS) is 14.9. The minimum Gasteiger partial charge on any atom is -0.372 e. The first-order chi connectivity index (χ1) is 7.72. The average Bonchev–Trinajstić information content (AvgIpc) is 2.96. The Bertz CT molecular complexity index is 438. The highest BCUT2D eigenvalue weighted by Gasteiger charge is 2.15. The molecule has 0 radical (unpaired) electrons. The second kappa shape index (κ2) is 4.78. The third kappa shape index (κ3) is 2.16. The number of aliphatic hydroxyl groups excluding tert-OH is 1. The fourth-order valence-corrected chi connectivity index (χ4v) is 2.12. The maximum atomic E-state index is 9.90. The quantitative estimate of drug-likeness (QED) is 0.852. The van der Waals surface area contributed by atoms with Gasteiger partial charge in [0, 0.05) is 23.2 Å². The maximum absolute atomic E-state index is 9.90. The van der Waals surface area contributed by atoms with E-state index in [1.807, 2.05) is 29.9 Å². The van der Waals surface area contributed by atoms with Gasteiger partial charge in [0.15, 0.2) is 0 Å². The van der Waals surface area contributed by atoms with Crippen LogP contribution in [0.2, 0.25) is 0 Å².